The Morgan fingerprint density at radius 1 is 1.24 bits per heavy atom. The highest BCUT2D eigenvalue weighted by molar-refractivity contribution is 5.40. The Morgan fingerprint density at radius 3 is 2.95 bits per heavy atom. The van der Waals surface area contributed by atoms with Crippen LogP contribution in [0.3, 0.4) is 0 Å². The molecule has 0 amide bonds. The van der Waals surface area contributed by atoms with Gasteiger partial charge in [0, 0.05) is 12.5 Å². The minimum absolute atomic E-state index is 0.189. The van der Waals surface area contributed by atoms with Crippen molar-refractivity contribution in [1.82, 2.24) is 5.43 Å². The van der Waals surface area contributed by atoms with E-state index < -0.39 is 0 Å². The molecular weight excluding hydrogens is 260 g/mol. The van der Waals surface area contributed by atoms with Gasteiger partial charge in [0.2, 0.25) is 0 Å². The fourth-order valence-corrected chi connectivity index (χ4v) is 2.94. The molecule has 0 saturated heterocycles. The minimum atomic E-state index is 0.189. The van der Waals surface area contributed by atoms with Crippen LogP contribution >= 0.6 is 0 Å². The molecule has 0 radical (unpaired) electrons. The van der Waals surface area contributed by atoms with Gasteiger partial charge in [-0.1, -0.05) is 42.0 Å². The average Bonchev–Trinajstić information content (AvgIpc) is 2.95. The zero-order chi connectivity index (χ0) is 14.7. The van der Waals surface area contributed by atoms with Crippen molar-refractivity contribution in [2.24, 2.45) is 5.84 Å². The lowest BCUT2D eigenvalue weighted by molar-refractivity contribution is 0.357. The van der Waals surface area contributed by atoms with Gasteiger partial charge in [-0.05, 0) is 42.5 Å². The molecule has 0 saturated carbocycles. The van der Waals surface area contributed by atoms with E-state index >= 15 is 0 Å². The lowest BCUT2D eigenvalue weighted by atomic mass is 9.97. The Hall–Kier alpha value is -1.84. The van der Waals surface area contributed by atoms with Gasteiger partial charge in [0.1, 0.15) is 5.75 Å². The van der Waals surface area contributed by atoms with Gasteiger partial charge in [-0.25, -0.2) is 0 Å². The molecule has 3 rings (SSSR count). The van der Waals surface area contributed by atoms with E-state index in [2.05, 4.69) is 54.8 Å². The van der Waals surface area contributed by atoms with Crippen molar-refractivity contribution in [2.75, 3.05) is 6.61 Å². The minimum Gasteiger partial charge on any atom is -0.493 e. The molecule has 0 bridgehead atoms. The molecule has 0 aliphatic carbocycles. The third-order valence-corrected chi connectivity index (χ3v) is 4.12. The molecular formula is C18H22N2O. The molecule has 3 nitrogen and oxygen atoms in total. The van der Waals surface area contributed by atoms with Crippen molar-refractivity contribution < 1.29 is 4.74 Å². The number of hydrazine groups is 1. The van der Waals surface area contributed by atoms with Gasteiger partial charge in [-0.2, -0.15) is 0 Å². The molecule has 3 N–H and O–H groups in total. The predicted molar refractivity (Wildman–Crippen MR) is 85.2 cm³/mol. The number of aryl methyl sites for hydroxylation is 2. The fraction of sp³-hybridized carbons (Fsp3) is 0.333. The van der Waals surface area contributed by atoms with Gasteiger partial charge in [0.25, 0.3) is 0 Å². The van der Waals surface area contributed by atoms with Crippen LogP contribution in [0.25, 0.3) is 0 Å². The Bertz CT molecular complexity index is 624. The third kappa shape index (κ3) is 3.26. The van der Waals surface area contributed by atoms with Gasteiger partial charge < -0.3 is 4.74 Å². The molecule has 2 aromatic carbocycles. The molecule has 0 fully saturated rings. The summed E-state index contributed by atoms with van der Waals surface area (Å²) in [6.07, 6.45) is 3.02. The monoisotopic (exact) mass is 282 g/mol. The van der Waals surface area contributed by atoms with Gasteiger partial charge >= 0.3 is 0 Å². The highest BCUT2D eigenvalue weighted by Gasteiger charge is 2.14. The smallest absolute Gasteiger partial charge is 0.122 e. The lowest BCUT2D eigenvalue weighted by Gasteiger charge is -2.17. The summed E-state index contributed by atoms with van der Waals surface area (Å²) >= 11 is 0. The maximum atomic E-state index is 5.74. The second-order valence-electron chi connectivity index (χ2n) is 5.71. The van der Waals surface area contributed by atoms with E-state index in [-0.39, 0.29) is 6.04 Å². The fourth-order valence-electron chi connectivity index (χ4n) is 2.94. The number of hydrogen-bond donors (Lipinski definition) is 2. The largest absolute Gasteiger partial charge is 0.493 e. The van der Waals surface area contributed by atoms with Crippen molar-refractivity contribution in [1.29, 1.82) is 0 Å². The van der Waals surface area contributed by atoms with Crippen molar-refractivity contribution in [3.8, 4) is 5.75 Å². The summed E-state index contributed by atoms with van der Waals surface area (Å²) in [5.41, 5.74) is 8.15. The number of benzene rings is 2. The first kappa shape index (κ1) is 14.1. The highest BCUT2D eigenvalue weighted by atomic mass is 16.5. The van der Waals surface area contributed by atoms with Crippen LogP contribution in [0.2, 0.25) is 0 Å². The topological polar surface area (TPSA) is 47.3 Å². The van der Waals surface area contributed by atoms with Crippen LogP contribution in [0.15, 0.2) is 42.5 Å². The third-order valence-electron chi connectivity index (χ3n) is 4.12. The summed E-state index contributed by atoms with van der Waals surface area (Å²) in [4.78, 5) is 0. The normalized spacial score (nSPS) is 14.6. The number of hydrogen-bond acceptors (Lipinski definition) is 3. The van der Waals surface area contributed by atoms with E-state index in [4.69, 9.17) is 10.6 Å². The number of fused-ring (bicyclic) bond motifs is 1. The molecule has 0 aromatic heterocycles. The summed E-state index contributed by atoms with van der Waals surface area (Å²) in [6.45, 7) is 2.92. The lowest BCUT2D eigenvalue weighted by Crippen LogP contribution is -2.28. The zero-order valence-corrected chi connectivity index (χ0v) is 12.4. The van der Waals surface area contributed by atoms with Crippen molar-refractivity contribution in [3.63, 3.8) is 0 Å². The summed E-state index contributed by atoms with van der Waals surface area (Å²) in [5.74, 6) is 6.79. The van der Waals surface area contributed by atoms with Crippen LogP contribution in [0, 0.1) is 6.92 Å². The second kappa shape index (κ2) is 6.29. The number of nitrogens with one attached hydrogen (secondary N) is 1. The molecule has 1 heterocycles. The standard InChI is InChI=1S/C18H22N2O/c1-13-3-2-4-15(11-13)17(20-19)7-5-14-6-8-18-16(12-14)9-10-21-18/h2-4,6,8,11-12,17,20H,5,7,9-10,19H2,1H3. The first-order valence-corrected chi connectivity index (χ1v) is 7.53. The van der Waals surface area contributed by atoms with E-state index in [9.17, 15) is 0 Å². The summed E-state index contributed by atoms with van der Waals surface area (Å²) in [6, 6.07) is 15.2. The van der Waals surface area contributed by atoms with Crippen LogP contribution < -0.4 is 16.0 Å². The summed E-state index contributed by atoms with van der Waals surface area (Å²) in [5, 5.41) is 0. The van der Waals surface area contributed by atoms with E-state index in [1.54, 1.807) is 0 Å². The molecule has 110 valence electrons. The average molecular weight is 282 g/mol. The maximum Gasteiger partial charge on any atom is 0.122 e. The Labute approximate surface area is 126 Å². The Kier molecular flexibility index (Phi) is 4.23. The molecule has 1 aliphatic heterocycles. The summed E-state index contributed by atoms with van der Waals surface area (Å²) in [7, 11) is 0. The molecule has 1 aliphatic rings. The van der Waals surface area contributed by atoms with Gasteiger partial charge in [-0.15, -0.1) is 0 Å². The number of rotatable bonds is 5. The molecule has 1 unspecified atom stereocenters. The van der Waals surface area contributed by atoms with Crippen LogP contribution in [-0.4, -0.2) is 6.61 Å². The zero-order valence-electron chi connectivity index (χ0n) is 12.4. The van der Waals surface area contributed by atoms with Gasteiger partial charge in [0.05, 0.1) is 6.61 Å². The van der Waals surface area contributed by atoms with Crippen LogP contribution in [0.1, 0.15) is 34.7 Å². The Balaban J connectivity index is 1.68. The molecule has 2 aromatic rings. The van der Waals surface area contributed by atoms with Gasteiger partial charge in [-0.3, -0.25) is 11.3 Å². The maximum absolute atomic E-state index is 5.74. The molecule has 1 atom stereocenters. The first-order valence-electron chi connectivity index (χ1n) is 7.53. The molecule has 3 heteroatoms. The molecule has 0 spiro atoms. The molecule has 21 heavy (non-hydrogen) atoms. The van der Waals surface area contributed by atoms with Crippen LogP contribution in [0.5, 0.6) is 5.75 Å². The van der Waals surface area contributed by atoms with Crippen molar-refractivity contribution in [2.45, 2.75) is 32.2 Å². The van der Waals surface area contributed by atoms with Crippen LogP contribution in [-0.2, 0) is 12.8 Å². The first-order chi connectivity index (χ1) is 10.3. The predicted octanol–water partition coefficient (Wildman–Crippen LogP) is 3.07. The SMILES string of the molecule is Cc1cccc(C(CCc2ccc3c(c2)CCO3)NN)c1. The quantitative estimate of drug-likeness (QED) is 0.654. The highest BCUT2D eigenvalue weighted by Crippen LogP contribution is 2.27. The number of ether oxygens (including phenoxy) is 1. The van der Waals surface area contributed by atoms with E-state index in [1.807, 2.05) is 0 Å². The number of nitrogens with two attached hydrogens (primary N) is 1. The van der Waals surface area contributed by atoms with Crippen molar-refractivity contribution >= 4 is 0 Å². The Morgan fingerprint density at radius 2 is 2.14 bits per heavy atom. The van der Waals surface area contributed by atoms with E-state index in [1.165, 1.54) is 22.3 Å². The summed E-state index contributed by atoms with van der Waals surface area (Å²) < 4.78 is 5.55. The van der Waals surface area contributed by atoms with E-state index in [0.717, 1.165) is 31.6 Å². The van der Waals surface area contributed by atoms with Crippen LogP contribution in [0.4, 0.5) is 0 Å². The van der Waals surface area contributed by atoms with Gasteiger partial charge in [0.15, 0.2) is 0 Å². The second-order valence-corrected chi connectivity index (χ2v) is 5.71. The van der Waals surface area contributed by atoms with Crippen molar-refractivity contribution in [3.05, 3.63) is 64.7 Å². The van der Waals surface area contributed by atoms with E-state index in [0.29, 0.717) is 0 Å².